The number of hydrogen-bond donors (Lipinski definition) is 0. The van der Waals surface area contributed by atoms with E-state index in [0.717, 1.165) is 34.8 Å². The van der Waals surface area contributed by atoms with Crippen molar-refractivity contribution in [3.05, 3.63) is 81.0 Å². The first-order valence-corrected chi connectivity index (χ1v) is 11.0. The van der Waals surface area contributed by atoms with E-state index in [1.807, 2.05) is 19.1 Å². The Morgan fingerprint density at radius 1 is 1.17 bits per heavy atom. The van der Waals surface area contributed by atoms with E-state index in [-0.39, 0.29) is 12.3 Å². The van der Waals surface area contributed by atoms with Gasteiger partial charge in [-0.3, -0.25) is 0 Å². The summed E-state index contributed by atoms with van der Waals surface area (Å²) in [7, 11) is 0. The molecule has 0 radical (unpaired) electrons. The molecule has 0 amide bonds. The van der Waals surface area contributed by atoms with Gasteiger partial charge in [0.05, 0.1) is 18.4 Å². The lowest BCUT2D eigenvalue weighted by atomic mass is 9.94. The summed E-state index contributed by atoms with van der Waals surface area (Å²) in [5.41, 5.74) is 7.16. The van der Waals surface area contributed by atoms with Gasteiger partial charge in [-0.15, -0.1) is 0 Å². The molecule has 3 heterocycles. The first-order chi connectivity index (χ1) is 14.2. The van der Waals surface area contributed by atoms with E-state index in [2.05, 4.69) is 59.9 Å². The van der Waals surface area contributed by atoms with Crippen molar-refractivity contribution in [1.29, 1.82) is 0 Å². The van der Waals surface area contributed by atoms with Gasteiger partial charge < -0.3 is 9.47 Å². The summed E-state index contributed by atoms with van der Waals surface area (Å²) in [5, 5.41) is 11.4. The number of nitrogens with zero attached hydrogens (tertiary/aromatic N) is 2. The molecule has 0 spiro atoms. The zero-order valence-electron chi connectivity index (χ0n) is 16.9. The van der Waals surface area contributed by atoms with Gasteiger partial charge in [0.1, 0.15) is 0 Å². The summed E-state index contributed by atoms with van der Waals surface area (Å²) in [5.74, 6) is 1.66. The minimum absolute atomic E-state index is 0.140. The van der Waals surface area contributed by atoms with E-state index >= 15 is 0 Å². The van der Waals surface area contributed by atoms with Crippen LogP contribution in [0.2, 0.25) is 0 Å². The summed E-state index contributed by atoms with van der Waals surface area (Å²) in [4.78, 5) is 0. The maximum atomic E-state index is 6.50. The average molecular weight is 405 g/mol. The predicted molar refractivity (Wildman–Crippen MR) is 117 cm³/mol. The average Bonchev–Trinajstić information content (AvgIpc) is 3.40. The molecule has 2 aliphatic heterocycles. The second kappa shape index (κ2) is 7.23. The van der Waals surface area contributed by atoms with Gasteiger partial charge in [-0.25, -0.2) is 5.01 Å². The minimum atomic E-state index is -0.246. The van der Waals surface area contributed by atoms with Crippen molar-refractivity contribution in [2.45, 2.75) is 39.5 Å². The molecule has 2 atom stereocenters. The molecule has 4 nitrogen and oxygen atoms in total. The van der Waals surface area contributed by atoms with E-state index in [1.165, 1.54) is 16.7 Å². The molecule has 0 N–H and O–H groups in total. The van der Waals surface area contributed by atoms with Crippen molar-refractivity contribution in [2.24, 2.45) is 5.10 Å². The van der Waals surface area contributed by atoms with Crippen LogP contribution < -0.4 is 9.47 Å². The molecule has 5 rings (SSSR count). The number of para-hydroxylation sites is 1. The number of fused-ring (bicyclic) bond motifs is 3. The van der Waals surface area contributed by atoms with Crippen molar-refractivity contribution in [3.63, 3.8) is 0 Å². The Bertz CT molecular complexity index is 1070. The molecule has 5 heteroatoms. The summed E-state index contributed by atoms with van der Waals surface area (Å²) in [6, 6.07) is 15.0. The fourth-order valence-electron chi connectivity index (χ4n) is 4.08. The first-order valence-electron chi connectivity index (χ1n) is 10.0. The second-order valence-electron chi connectivity index (χ2n) is 7.58. The Morgan fingerprint density at radius 3 is 2.83 bits per heavy atom. The van der Waals surface area contributed by atoms with Crippen LogP contribution >= 0.6 is 11.3 Å². The topological polar surface area (TPSA) is 34.1 Å². The van der Waals surface area contributed by atoms with Crippen LogP contribution in [0.5, 0.6) is 11.5 Å². The number of aryl methyl sites for hydroxylation is 2. The highest BCUT2D eigenvalue weighted by Gasteiger charge is 2.42. The molecule has 2 aromatic carbocycles. The van der Waals surface area contributed by atoms with Gasteiger partial charge in [-0.1, -0.05) is 24.3 Å². The summed E-state index contributed by atoms with van der Waals surface area (Å²) >= 11 is 1.68. The first kappa shape index (κ1) is 18.3. The molecule has 2 aliphatic rings. The monoisotopic (exact) mass is 404 g/mol. The third kappa shape index (κ3) is 3.10. The molecule has 2 unspecified atom stereocenters. The van der Waals surface area contributed by atoms with Gasteiger partial charge in [0, 0.05) is 17.5 Å². The standard InChI is InChI=1S/C24H24N2O2S/c1-4-27-22-7-5-6-19-21-13-20(17-9-8-15(2)16(3)12-17)25-26(21)24(28-23(19)22)18-10-11-29-14-18/h5-12,14,21,24H,4,13H2,1-3H3. The Hall–Kier alpha value is -2.79. The van der Waals surface area contributed by atoms with Crippen LogP contribution in [0.4, 0.5) is 0 Å². The molecule has 29 heavy (non-hydrogen) atoms. The Balaban J connectivity index is 1.60. The van der Waals surface area contributed by atoms with E-state index in [0.29, 0.717) is 6.61 Å². The van der Waals surface area contributed by atoms with Crippen molar-refractivity contribution in [1.82, 2.24) is 5.01 Å². The Labute approximate surface area is 175 Å². The third-order valence-corrected chi connectivity index (χ3v) is 6.45. The highest BCUT2D eigenvalue weighted by Crippen LogP contribution is 2.50. The maximum absolute atomic E-state index is 6.50. The maximum Gasteiger partial charge on any atom is 0.214 e. The fourth-order valence-corrected chi connectivity index (χ4v) is 4.75. The normalized spacial score (nSPS) is 20.0. The fraction of sp³-hybridized carbons (Fsp3) is 0.292. The highest BCUT2D eigenvalue weighted by atomic mass is 32.1. The lowest BCUT2D eigenvalue weighted by Crippen LogP contribution is -2.33. The van der Waals surface area contributed by atoms with E-state index in [1.54, 1.807) is 11.3 Å². The van der Waals surface area contributed by atoms with Crippen molar-refractivity contribution < 1.29 is 9.47 Å². The quantitative estimate of drug-likeness (QED) is 0.534. The predicted octanol–water partition coefficient (Wildman–Crippen LogP) is 6.01. The van der Waals surface area contributed by atoms with Crippen LogP contribution in [0.15, 0.2) is 58.3 Å². The highest BCUT2D eigenvalue weighted by molar-refractivity contribution is 7.07. The molecule has 148 valence electrons. The second-order valence-corrected chi connectivity index (χ2v) is 8.36. The summed E-state index contributed by atoms with van der Waals surface area (Å²) < 4.78 is 12.4. The van der Waals surface area contributed by atoms with Crippen molar-refractivity contribution in [2.75, 3.05) is 6.61 Å². The van der Waals surface area contributed by atoms with Gasteiger partial charge in [-0.05, 0) is 66.4 Å². The molecular weight excluding hydrogens is 380 g/mol. The van der Waals surface area contributed by atoms with Gasteiger partial charge in [0.2, 0.25) is 6.23 Å². The lowest BCUT2D eigenvalue weighted by Gasteiger charge is -2.38. The number of rotatable bonds is 4. The number of hydrogen-bond acceptors (Lipinski definition) is 5. The molecule has 0 saturated heterocycles. The van der Waals surface area contributed by atoms with E-state index < -0.39 is 0 Å². The summed E-state index contributed by atoms with van der Waals surface area (Å²) in [6.45, 7) is 6.91. The zero-order valence-corrected chi connectivity index (χ0v) is 17.7. The minimum Gasteiger partial charge on any atom is -0.490 e. The molecule has 3 aromatic rings. The molecule has 1 aromatic heterocycles. The molecule has 0 fully saturated rings. The largest absolute Gasteiger partial charge is 0.490 e. The van der Waals surface area contributed by atoms with Crippen LogP contribution in [0.3, 0.4) is 0 Å². The zero-order chi connectivity index (χ0) is 20.0. The lowest BCUT2D eigenvalue weighted by molar-refractivity contribution is -0.0209. The molecule has 0 aliphatic carbocycles. The van der Waals surface area contributed by atoms with Crippen LogP contribution in [0.25, 0.3) is 0 Å². The number of benzene rings is 2. The van der Waals surface area contributed by atoms with Gasteiger partial charge >= 0.3 is 0 Å². The van der Waals surface area contributed by atoms with Gasteiger partial charge in [0.15, 0.2) is 11.5 Å². The summed E-state index contributed by atoms with van der Waals surface area (Å²) in [6.07, 6.45) is 0.610. The molecule has 0 bridgehead atoms. The van der Waals surface area contributed by atoms with Gasteiger partial charge in [-0.2, -0.15) is 16.4 Å². The number of ether oxygens (including phenoxy) is 2. The van der Waals surface area contributed by atoms with Crippen LogP contribution in [0.1, 0.15) is 53.4 Å². The van der Waals surface area contributed by atoms with Crippen LogP contribution in [-0.4, -0.2) is 17.3 Å². The molecular formula is C24H24N2O2S. The van der Waals surface area contributed by atoms with Crippen molar-refractivity contribution >= 4 is 17.0 Å². The van der Waals surface area contributed by atoms with Crippen LogP contribution in [-0.2, 0) is 0 Å². The van der Waals surface area contributed by atoms with Gasteiger partial charge in [0.25, 0.3) is 0 Å². The van der Waals surface area contributed by atoms with Crippen LogP contribution in [0, 0.1) is 13.8 Å². The molecule has 0 saturated carbocycles. The van der Waals surface area contributed by atoms with E-state index in [4.69, 9.17) is 14.6 Å². The third-order valence-electron chi connectivity index (χ3n) is 5.75. The smallest absolute Gasteiger partial charge is 0.214 e. The SMILES string of the molecule is CCOc1cccc2c1OC(c1ccsc1)N1N=C(c3ccc(C)c(C)c3)CC21. The number of hydrazone groups is 1. The Morgan fingerprint density at radius 2 is 2.07 bits per heavy atom. The van der Waals surface area contributed by atoms with E-state index in [9.17, 15) is 0 Å². The number of thiophene rings is 1. The van der Waals surface area contributed by atoms with Crippen molar-refractivity contribution in [3.8, 4) is 11.5 Å². The Kier molecular flexibility index (Phi) is 4.55.